The maximum atomic E-state index is 12.3. The number of anilines is 2. The van der Waals surface area contributed by atoms with Crippen LogP contribution in [0, 0.1) is 0 Å². The molecule has 1 N–H and O–H groups in total. The summed E-state index contributed by atoms with van der Waals surface area (Å²) in [5.41, 5.74) is 4.94. The summed E-state index contributed by atoms with van der Waals surface area (Å²) in [7, 11) is -0.989. The number of hydrogen-bond acceptors (Lipinski definition) is 6. The number of aromatic nitrogens is 3. The van der Waals surface area contributed by atoms with E-state index in [0.29, 0.717) is 11.7 Å². The fourth-order valence-corrected chi connectivity index (χ4v) is 4.98. The molecule has 6 nitrogen and oxygen atoms in total. The number of benzene rings is 1. The van der Waals surface area contributed by atoms with E-state index in [1.54, 1.807) is 31.6 Å². The van der Waals surface area contributed by atoms with Gasteiger partial charge in [0.25, 0.3) is 0 Å². The van der Waals surface area contributed by atoms with Crippen LogP contribution in [0.2, 0.25) is 0 Å². The van der Waals surface area contributed by atoms with Gasteiger partial charge >= 0.3 is 0 Å². The summed E-state index contributed by atoms with van der Waals surface area (Å²) in [5.74, 6) is 1.25. The summed E-state index contributed by atoms with van der Waals surface area (Å²) in [5, 5.41) is 9.82. The molecule has 7 heteroatoms. The van der Waals surface area contributed by atoms with Crippen LogP contribution in [0.15, 0.2) is 53.8 Å². The molecule has 3 heterocycles. The minimum absolute atomic E-state index is 0.191. The highest BCUT2D eigenvalue weighted by Crippen LogP contribution is 2.57. The van der Waals surface area contributed by atoms with E-state index in [2.05, 4.69) is 25.9 Å². The van der Waals surface area contributed by atoms with E-state index in [1.807, 2.05) is 25.1 Å². The zero-order valence-corrected chi connectivity index (χ0v) is 17.9. The lowest BCUT2D eigenvalue weighted by Gasteiger charge is -2.18. The summed E-state index contributed by atoms with van der Waals surface area (Å²) in [6, 6.07) is 9.86. The Morgan fingerprint density at radius 3 is 2.60 bits per heavy atom. The van der Waals surface area contributed by atoms with Crippen molar-refractivity contribution >= 4 is 22.4 Å². The lowest BCUT2D eigenvalue weighted by atomic mass is 9.99. The molecular weight excluding hydrogens is 396 g/mol. The lowest BCUT2D eigenvalue weighted by Crippen LogP contribution is -2.21. The molecule has 2 unspecified atom stereocenters. The molecule has 1 spiro atoms. The zero-order chi connectivity index (χ0) is 20.9. The van der Waals surface area contributed by atoms with Gasteiger partial charge < -0.3 is 10.0 Å². The van der Waals surface area contributed by atoms with Crippen LogP contribution in [-0.2, 0) is 16.2 Å². The number of aliphatic hydroxyl groups excluding tert-OH is 1. The van der Waals surface area contributed by atoms with Crippen LogP contribution in [0.3, 0.4) is 0 Å². The van der Waals surface area contributed by atoms with Crippen LogP contribution in [0.25, 0.3) is 11.3 Å². The van der Waals surface area contributed by atoms with Crippen molar-refractivity contribution in [3.63, 3.8) is 0 Å². The first-order chi connectivity index (χ1) is 14.5. The minimum atomic E-state index is -0.989. The first-order valence-electron chi connectivity index (χ1n) is 10.3. The number of rotatable bonds is 5. The van der Waals surface area contributed by atoms with Crippen molar-refractivity contribution in [2.45, 2.75) is 43.1 Å². The number of nitrogens with zero attached hydrogens (tertiary/aromatic N) is 4. The average molecular weight is 421 g/mol. The molecule has 1 aliphatic heterocycles. The van der Waals surface area contributed by atoms with E-state index >= 15 is 0 Å². The van der Waals surface area contributed by atoms with Gasteiger partial charge in [0, 0.05) is 52.4 Å². The highest BCUT2D eigenvalue weighted by Gasteiger charge is 2.52. The van der Waals surface area contributed by atoms with Gasteiger partial charge in [-0.1, -0.05) is 13.0 Å². The number of aliphatic hydroxyl groups is 1. The van der Waals surface area contributed by atoms with Crippen molar-refractivity contribution in [1.82, 2.24) is 15.0 Å². The van der Waals surface area contributed by atoms with Gasteiger partial charge in [-0.3, -0.25) is 9.19 Å². The van der Waals surface area contributed by atoms with Crippen molar-refractivity contribution in [3.05, 3.63) is 60.0 Å². The summed E-state index contributed by atoms with van der Waals surface area (Å²) < 4.78 is 12.3. The summed E-state index contributed by atoms with van der Waals surface area (Å²) in [6.07, 6.45) is 7.03. The summed E-state index contributed by atoms with van der Waals surface area (Å²) in [6.45, 7) is 4.53. The maximum absolute atomic E-state index is 12.3. The highest BCUT2D eigenvalue weighted by atomic mass is 32.2. The number of pyridine rings is 1. The summed E-state index contributed by atoms with van der Waals surface area (Å²) >= 11 is 0. The minimum Gasteiger partial charge on any atom is -0.389 e. The molecule has 0 saturated heterocycles. The molecule has 0 radical (unpaired) electrons. The fourth-order valence-electron chi connectivity index (χ4n) is 4.18. The van der Waals surface area contributed by atoms with Crippen LogP contribution >= 0.6 is 0 Å². The molecule has 3 aromatic rings. The van der Waals surface area contributed by atoms with Gasteiger partial charge in [-0.05, 0) is 55.2 Å². The second kappa shape index (κ2) is 7.25. The Balaban J connectivity index is 1.49. The maximum Gasteiger partial charge on any atom is 0.229 e. The molecule has 30 heavy (non-hydrogen) atoms. The molecule has 5 rings (SSSR count). The molecule has 2 aliphatic rings. The van der Waals surface area contributed by atoms with E-state index in [1.165, 1.54) is 18.4 Å². The van der Waals surface area contributed by atoms with Crippen LogP contribution in [0.1, 0.15) is 43.9 Å². The molecular formula is C23H24N4O2S. The molecule has 2 atom stereocenters. The van der Waals surface area contributed by atoms with Gasteiger partial charge in [0.15, 0.2) is 0 Å². The zero-order valence-electron chi connectivity index (χ0n) is 17.1. The largest absolute Gasteiger partial charge is 0.389 e. The number of hydrogen-bond donors (Lipinski definition) is 1. The smallest absolute Gasteiger partial charge is 0.229 e. The second-order valence-electron chi connectivity index (χ2n) is 8.10. The molecule has 1 saturated carbocycles. The standard InChI is InChI=1S/C23H24N4O2S/c1-3-30(29)18-4-5-19-21(11-18)27(14-23(19)7-8-23)22-25-12-17(13-26-22)20-10-16(15(2)28)6-9-24-20/h4-6,9-13,15,28H,3,7-8,14H2,1-2H3. The van der Waals surface area contributed by atoms with E-state index in [4.69, 9.17) is 0 Å². The second-order valence-corrected chi connectivity index (χ2v) is 9.84. The highest BCUT2D eigenvalue weighted by molar-refractivity contribution is 7.85. The molecule has 0 bridgehead atoms. The van der Waals surface area contributed by atoms with Crippen molar-refractivity contribution in [3.8, 4) is 11.3 Å². The van der Waals surface area contributed by atoms with Crippen molar-refractivity contribution in [1.29, 1.82) is 0 Å². The van der Waals surface area contributed by atoms with E-state index < -0.39 is 16.9 Å². The van der Waals surface area contributed by atoms with Gasteiger partial charge in [0.2, 0.25) is 5.95 Å². The molecule has 154 valence electrons. The molecule has 1 aromatic carbocycles. The third-order valence-corrected chi connectivity index (χ3v) is 7.42. The van der Waals surface area contributed by atoms with E-state index in [0.717, 1.165) is 33.9 Å². The van der Waals surface area contributed by atoms with Crippen LogP contribution in [0.5, 0.6) is 0 Å². The normalized spacial score (nSPS) is 18.3. The van der Waals surface area contributed by atoms with E-state index in [-0.39, 0.29) is 5.41 Å². The Morgan fingerprint density at radius 2 is 1.93 bits per heavy atom. The topological polar surface area (TPSA) is 79.2 Å². The molecule has 2 aromatic heterocycles. The van der Waals surface area contributed by atoms with Gasteiger partial charge in [-0.15, -0.1) is 0 Å². The van der Waals surface area contributed by atoms with Crippen LogP contribution in [0.4, 0.5) is 11.6 Å². The third-order valence-electron chi connectivity index (χ3n) is 6.11. The van der Waals surface area contributed by atoms with Gasteiger partial charge in [0.05, 0.1) is 22.6 Å². The Morgan fingerprint density at radius 1 is 1.17 bits per heavy atom. The van der Waals surface area contributed by atoms with Gasteiger partial charge in [-0.2, -0.15) is 0 Å². The Bertz CT molecular complexity index is 1130. The van der Waals surface area contributed by atoms with Gasteiger partial charge in [-0.25, -0.2) is 9.97 Å². The Labute approximate surface area is 178 Å². The summed E-state index contributed by atoms with van der Waals surface area (Å²) in [4.78, 5) is 16.7. The molecule has 1 aliphatic carbocycles. The van der Waals surface area contributed by atoms with Crippen molar-refractivity contribution < 1.29 is 9.32 Å². The fraction of sp³-hybridized carbons (Fsp3) is 0.348. The van der Waals surface area contributed by atoms with E-state index in [9.17, 15) is 9.32 Å². The van der Waals surface area contributed by atoms with Gasteiger partial charge in [0.1, 0.15) is 0 Å². The monoisotopic (exact) mass is 420 g/mol. The third kappa shape index (κ3) is 3.22. The Kier molecular flexibility index (Phi) is 4.67. The quantitative estimate of drug-likeness (QED) is 0.674. The number of fused-ring (bicyclic) bond motifs is 2. The molecule has 0 amide bonds. The lowest BCUT2D eigenvalue weighted by molar-refractivity contribution is 0.199. The van der Waals surface area contributed by atoms with Crippen molar-refractivity contribution in [2.24, 2.45) is 0 Å². The first-order valence-corrected chi connectivity index (χ1v) is 11.6. The Hall–Kier alpha value is -2.64. The van der Waals surface area contributed by atoms with Crippen molar-refractivity contribution in [2.75, 3.05) is 17.2 Å². The predicted molar refractivity (Wildman–Crippen MR) is 117 cm³/mol. The predicted octanol–water partition coefficient (Wildman–Crippen LogP) is 3.90. The molecule has 1 fully saturated rings. The average Bonchev–Trinajstić information content (AvgIpc) is 3.49. The van der Waals surface area contributed by atoms with Crippen LogP contribution < -0.4 is 4.90 Å². The van der Waals surface area contributed by atoms with Crippen LogP contribution in [-0.4, -0.2) is 36.6 Å². The first kappa shape index (κ1) is 19.3. The SMILES string of the molecule is CCS(=O)c1ccc2c(c1)N(c1ncc(-c3cc(C(C)O)ccn3)cn1)CC21CC1.